The van der Waals surface area contributed by atoms with Crippen LogP contribution in [0.2, 0.25) is 10.0 Å². The molecule has 0 saturated carbocycles. The molecule has 0 aliphatic heterocycles. The number of esters is 1. The first-order valence-electron chi connectivity index (χ1n) is 6.04. The van der Waals surface area contributed by atoms with Crippen molar-refractivity contribution in [3.05, 3.63) is 45.2 Å². The quantitative estimate of drug-likeness (QED) is 0.814. The first kappa shape index (κ1) is 14.8. The van der Waals surface area contributed by atoms with Crippen LogP contribution in [0.1, 0.15) is 28.7 Å². The van der Waals surface area contributed by atoms with Crippen molar-refractivity contribution in [1.29, 1.82) is 0 Å². The number of ether oxygens (including phenoxy) is 1. The summed E-state index contributed by atoms with van der Waals surface area (Å²) in [6, 6.07) is 5.23. The summed E-state index contributed by atoms with van der Waals surface area (Å²) in [5.74, 6) is -0.474. The predicted molar refractivity (Wildman–Crippen MR) is 76.3 cm³/mol. The Balaban J connectivity index is 2.24. The summed E-state index contributed by atoms with van der Waals surface area (Å²) in [5.41, 5.74) is 1.70. The third-order valence-electron chi connectivity index (χ3n) is 2.79. The monoisotopic (exact) mass is 313 g/mol. The molecule has 0 aliphatic rings. The van der Waals surface area contributed by atoms with Crippen LogP contribution in [0.5, 0.6) is 0 Å². The van der Waals surface area contributed by atoms with Gasteiger partial charge in [0.15, 0.2) is 5.69 Å². The van der Waals surface area contributed by atoms with Crippen LogP contribution in [-0.4, -0.2) is 27.6 Å². The van der Waals surface area contributed by atoms with Crippen LogP contribution in [0.15, 0.2) is 18.2 Å². The lowest BCUT2D eigenvalue weighted by Gasteiger charge is -2.06. The van der Waals surface area contributed by atoms with Crippen LogP contribution in [0.4, 0.5) is 0 Å². The predicted octanol–water partition coefficient (Wildman–Crippen LogP) is 3.12. The van der Waals surface area contributed by atoms with Gasteiger partial charge in [-0.25, -0.2) is 9.48 Å². The third kappa shape index (κ3) is 3.11. The van der Waals surface area contributed by atoms with E-state index in [9.17, 15) is 4.79 Å². The van der Waals surface area contributed by atoms with Gasteiger partial charge in [-0.05, 0) is 31.5 Å². The number of hydrogen-bond donors (Lipinski definition) is 0. The maximum atomic E-state index is 11.7. The minimum absolute atomic E-state index is 0.219. The highest BCUT2D eigenvalue weighted by Crippen LogP contribution is 2.22. The van der Waals surface area contributed by atoms with Gasteiger partial charge in [0.2, 0.25) is 0 Å². The molecule has 0 N–H and O–H groups in total. The van der Waals surface area contributed by atoms with Gasteiger partial charge in [0.1, 0.15) is 0 Å². The first-order valence-corrected chi connectivity index (χ1v) is 6.79. The third-order valence-corrected chi connectivity index (χ3v) is 3.37. The van der Waals surface area contributed by atoms with Crippen LogP contribution >= 0.6 is 23.2 Å². The van der Waals surface area contributed by atoms with E-state index in [4.69, 9.17) is 27.9 Å². The van der Waals surface area contributed by atoms with E-state index in [-0.39, 0.29) is 5.69 Å². The second-order valence-corrected chi connectivity index (χ2v) is 4.98. The largest absolute Gasteiger partial charge is 0.461 e. The average molecular weight is 314 g/mol. The molecule has 0 atom stereocenters. The van der Waals surface area contributed by atoms with Crippen LogP contribution in [0.25, 0.3) is 0 Å². The first-order chi connectivity index (χ1) is 9.52. The summed E-state index contributed by atoms with van der Waals surface area (Å²) in [6.07, 6.45) is 0. The Kier molecular flexibility index (Phi) is 4.62. The fourth-order valence-corrected chi connectivity index (χ4v) is 2.18. The summed E-state index contributed by atoms with van der Waals surface area (Å²) in [7, 11) is 0. The molecule has 1 heterocycles. The highest BCUT2D eigenvalue weighted by Gasteiger charge is 2.17. The van der Waals surface area contributed by atoms with Gasteiger partial charge in [-0.1, -0.05) is 34.5 Å². The molecule has 0 amide bonds. The van der Waals surface area contributed by atoms with Crippen LogP contribution in [0.3, 0.4) is 0 Å². The van der Waals surface area contributed by atoms with E-state index in [0.29, 0.717) is 28.9 Å². The molecular weight excluding hydrogens is 301 g/mol. The number of halogens is 2. The van der Waals surface area contributed by atoms with E-state index in [2.05, 4.69) is 10.3 Å². The average Bonchev–Trinajstić information content (AvgIpc) is 2.75. The smallest absolute Gasteiger partial charge is 0.360 e. The van der Waals surface area contributed by atoms with Crippen LogP contribution < -0.4 is 0 Å². The molecule has 0 spiro atoms. The van der Waals surface area contributed by atoms with Gasteiger partial charge in [-0.2, -0.15) is 0 Å². The standard InChI is InChI=1S/C13H13Cl2N3O2/c1-3-20-13(19)12-8(2)18(17-16-12)7-9-4-5-10(14)6-11(9)15/h4-6H,3,7H2,1-2H3. The Morgan fingerprint density at radius 3 is 2.80 bits per heavy atom. The van der Waals surface area contributed by atoms with E-state index in [0.717, 1.165) is 5.56 Å². The van der Waals surface area contributed by atoms with Crippen LogP contribution in [-0.2, 0) is 11.3 Å². The minimum atomic E-state index is -0.474. The number of benzene rings is 1. The summed E-state index contributed by atoms with van der Waals surface area (Å²) in [5, 5.41) is 8.92. The molecule has 1 aromatic heterocycles. The van der Waals surface area contributed by atoms with E-state index >= 15 is 0 Å². The fourth-order valence-electron chi connectivity index (χ4n) is 1.71. The van der Waals surface area contributed by atoms with Crippen molar-refractivity contribution < 1.29 is 9.53 Å². The van der Waals surface area contributed by atoms with Crippen molar-refractivity contribution in [2.45, 2.75) is 20.4 Å². The summed E-state index contributed by atoms with van der Waals surface area (Å²) in [4.78, 5) is 11.7. The number of nitrogens with zero attached hydrogens (tertiary/aromatic N) is 3. The van der Waals surface area contributed by atoms with Crippen molar-refractivity contribution in [3.8, 4) is 0 Å². The molecule has 2 rings (SSSR count). The van der Waals surface area contributed by atoms with Crippen LogP contribution in [0, 0.1) is 6.92 Å². The van der Waals surface area contributed by atoms with Gasteiger partial charge in [0.05, 0.1) is 18.8 Å². The molecule has 7 heteroatoms. The van der Waals surface area contributed by atoms with Gasteiger partial charge in [0, 0.05) is 10.0 Å². The van der Waals surface area contributed by atoms with Crippen molar-refractivity contribution in [3.63, 3.8) is 0 Å². The zero-order valence-electron chi connectivity index (χ0n) is 11.1. The summed E-state index contributed by atoms with van der Waals surface area (Å²) >= 11 is 12.0. The SMILES string of the molecule is CCOC(=O)c1nnn(Cc2ccc(Cl)cc2Cl)c1C. The number of hydrogen-bond acceptors (Lipinski definition) is 4. The number of aromatic nitrogens is 3. The second-order valence-electron chi connectivity index (χ2n) is 4.14. The highest BCUT2D eigenvalue weighted by atomic mass is 35.5. The maximum absolute atomic E-state index is 11.7. The molecule has 20 heavy (non-hydrogen) atoms. The van der Waals surface area contributed by atoms with Crippen molar-refractivity contribution in [1.82, 2.24) is 15.0 Å². The second kappa shape index (κ2) is 6.24. The number of carbonyl (C=O) groups excluding carboxylic acids is 1. The zero-order chi connectivity index (χ0) is 14.7. The van der Waals surface area contributed by atoms with E-state index in [1.807, 2.05) is 6.07 Å². The fraction of sp³-hybridized carbons (Fsp3) is 0.308. The number of rotatable bonds is 4. The molecule has 106 valence electrons. The van der Waals surface area contributed by atoms with Crippen molar-refractivity contribution >= 4 is 29.2 Å². The molecule has 0 unspecified atom stereocenters. The molecule has 5 nitrogen and oxygen atoms in total. The molecule has 2 aromatic rings. The lowest BCUT2D eigenvalue weighted by atomic mass is 10.2. The van der Waals surface area contributed by atoms with Gasteiger partial charge in [-0.15, -0.1) is 5.10 Å². The zero-order valence-corrected chi connectivity index (χ0v) is 12.6. The summed E-state index contributed by atoms with van der Waals surface area (Å²) in [6.45, 7) is 4.21. The maximum Gasteiger partial charge on any atom is 0.360 e. The topological polar surface area (TPSA) is 57.0 Å². The molecular formula is C13H13Cl2N3O2. The highest BCUT2D eigenvalue weighted by molar-refractivity contribution is 6.35. The molecule has 1 aromatic carbocycles. The van der Waals surface area contributed by atoms with Gasteiger partial charge in [-0.3, -0.25) is 0 Å². The Labute approximate surface area is 126 Å². The Morgan fingerprint density at radius 2 is 2.15 bits per heavy atom. The molecule has 0 fully saturated rings. The van der Waals surface area contributed by atoms with E-state index < -0.39 is 5.97 Å². The molecule has 0 bridgehead atoms. The lowest BCUT2D eigenvalue weighted by molar-refractivity contribution is 0.0518. The lowest BCUT2D eigenvalue weighted by Crippen LogP contribution is -2.09. The molecule has 0 saturated heterocycles. The van der Waals surface area contributed by atoms with Gasteiger partial charge in [0.25, 0.3) is 0 Å². The van der Waals surface area contributed by atoms with E-state index in [1.54, 1.807) is 30.7 Å². The Bertz CT molecular complexity index is 641. The van der Waals surface area contributed by atoms with E-state index in [1.165, 1.54) is 0 Å². The Hall–Kier alpha value is -1.59. The van der Waals surface area contributed by atoms with Crippen molar-refractivity contribution in [2.24, 2.45) is 0 Å². The van der Waals surface area contributed by atoms with Gasteiger partial charge >= 0.3 is 5.97 Å². The summed E-state index contributed by atoms with van der Waals surface area (Å²) < 4.78 is 6.51. The van der Waals surface area contributed by atoms with Gasteiger partial charge < -0.3 is 4.74 Å². The molecule has 0 radical (unpaired) electrons. The van der Waals surface area contributed by atoms with Crippen molar-refractivity contribution in [2.75, 3.05) is 6.61 Å². The molecule has 0 aliphatic carbocycles. The minimum Gasteiger partial charge on any atom is -0.461 e. The number of carbonyl (C=O) groups is 1. The normalized spacial score (nSPS) is 10.6. The Morgan fingerprint density at radius 1 is 1.40 bits per heavy atom.